The van der Waals surface area contributed by atoms with Crippen molar-refractivity contribution in [2.45, 2.75) is 30.0 Å². The summed E-state index contributed by atoms with van der Waals surface area (Å²) in [7, 11) is 0. The van der Waals surface area contributed by atoms with E-state index < -0.39 is 0 Å². The van der Waals surface area contributed by atoms with Gasteiger partial charge in [0.15, 0.2) is 0 Å². The van der Waals surface area contributed by atoms with Gasteiger partial charge in [-0.25, -0.2) is 0 Å². The minimum Gasteiger partial charge on any atom is -0.0884 e. The van der Waals surface area contributed by atoms with Crippen LogP contribution in [0.15, 0.2) is 30.3 Å². The van der Waals surface area contributed by atoms with Crippen LogP contribution in [-0.4, -0.2) is 4.83 Å². The zero-order valence-electron chi connectivity index (χ0n) is 7.04. The summed E-state index contributed by atoms with van der Waals surface area (Å²) in [6.07, 6.45) is 4.05. The van der Waals surface area contributed by atoms with Crippen molar-refractivity contribution >= 4 is 15.9 Å². The van der Waals surface area contributed by atoms with Crippen molar-refractivity contribution in [3.05, 3.63) is 35.9 Å². The lowest BCUT2D eigenvalue weighted by Crippen LogP contribution is -2.03. The Kier molecular flexibility index (Phi) is 2.50. The van der Waals surface area contributed by atoms with E-state index in [0.717, 1.165) is 5.92 Å². The van der Waals surface area contributed by atoms with E-state index in [2.05, 4.69) is 46.3 Å². The molecule has 1 saturated carbocycles. The molecule has 0 nitrogen and oxygen atoms in total. The lowest BCUT2D eigenvalue weighted by molar-refractivity contribution is 0.743. The van der Waals surface area contributed by atoms with Gasteiger partial charge in [-0.3, -0.25) is 0 Å². The van der Waals surface area contributed by atoms with Gasteiger partial charge in [-0.2, -0.15) is 0 Å². The molecule has 1 aromatic carbocycles. The summed E-state index contributed by atoms with van der Waals surface area (Å²) in [6.45, 7) is 0. The molecule has 12 heavy (non-hydrogen) atoms. The molecule has 0 bridgehead atoms. The van der Waals surface area contributed by atoms with Crippen molar-refractivity contribution in [3.63, 3.8) is 0 Å². The zero-order valence-corrected chi connectivity index (χ0v) is 8.63. The van der Waals surface area contributed by atoms with Crippen molar-refractivity contribution in [3.8, 4) is 0 Å². The highest BCUT2D eigenvalue weighted by atomic mass is 79.9. The highest BCUT2D eigenvalue weighted by molar-refractivity contribution is 9.09. The van der Waals surface area contributed by atoms with Gasteiger partial charge in [0.25, 0.3) is 0 Å². The van der Waals surface area contributed by atoms with Crippen LogP contribution in [0.3, 0.4) is 0 Å². The number of hydrogen-bond donors (Lipinski definition) is 0. The molecule has 0 N–H and O–H groups in total. The van der Waals surface area contributed by atoms with E-state index in [1.165, 1.54) is 24.8 Å². The fourth-order valence-electron chi connectivity index (χ4n) is 1.99. The first-order valence-corrected chi connectivity index (χ1v) is 5.48. The van der Waals surface area contributed by atoms with E-state index in [9.17, 15) is 0 Å². The first-order chi connectivity index (χ1) is 5.88. The number of alkyl halides is 1. The standard InChI is InChI=1S/C11H13Br/c12-11-8-4-7-10(11)9-5-2-1-3-6-9/h1-3,5-6,10-11H,4,7-8H2/t10-,11+/m1/s1. The Hall–Kier alpha value is -0.300. The molecule has 0 amide bonds. The van der Waals surface area contributed by atoms with Crippen LogP contribution in [0, 0.1) is 0 Å². The van der Waals surface area contributed by atoms with Crippen LogP contribution in [0.25, 0.3) is 0 Å². The molecular formula is C11H13Br. The summed E-state index contributed by atoms with van der Waals surface area (Å²) in [4.78, 5) is 0.708. The largest absolute Gasteiger partial charge is 0.0884 e. The molecule has 0 heterocycles. The predicted octanol–water partition coefficient (Wildman–Crippen LogP) is 3.72. The molecule has 0 saturated heterocycles. The van der Waals surface area contributed by atoms with Gasteiger partial charge in [0, 0.05) is 4.83 Å². The molecule has 64 valence electrons. The van der Waals surface area contributed by atoms with Crippen LogP contribution in [0.1, 0.15) is 30.7 Å². The van der Waals surface area contributed by atoms with Crippen molar-refractivity contribution in [1.82, 2.24) is 0 Å². The quantitative estimate of drug-likeness (QED) is 0.639. The van der Waals surface area contributed by atoms with Gasteiger partial charge in [-0.05, 0) is 24.3 Å². The Balaban J connectivity index is 2.19. The van der Waals surface area contributed by atoms with E-state index >= 15 is 0 Å². The van der Waals surface area contributed by atoms with Crippen LogP contribution in [-0.2, 0) is 0 Å². The monoisotopic (exact) mass is 224 g/mol. The maximum Gasteiger partial charge on any atom is 0.0214 e. The Morgan fingerprint density at radius 2 is 1.83 bits per heavy atom. The van der Waals surface area contributed by atoms with E-state index in [1.807, 2.05) is 0 Å². The first kappa shape index (κ1) is 8.31. The van der Waals surface area contributed by atoms with Gasteiger partial charge in [0.05, 0.1) is 0 Å². The smallest absolute Gasteiger partial charge is 0.0214 e. The van der Waals surface area contributed by atoms with Crippen LogP contribution >= 0.6 is 15.9 Å². The van der Waals surface area contributed by atoms with Crippen LogP contribution in [0.4, 0.5) is 0 Å². The van der Waals surface area contributed by atoms with E-state index in [4.69, 9.17) is 0 Å². The van der Waals surface area contributed by atoms with Crippen LogP contribution in [0.2, 0.25) is 0 Å². The maximum absolute atomic E-state index is 3.74. The highest BCUT2D eigenvalue weighted by Gasteiger charge is 2.25. The number of benzene rings is 1. The Labute approximate surface area is 82.1 Å². The molecule has 2 atom stereocenters. The SMILES string of the molecule is Br[C@H]1CCC[C@@H]1c1ccccc1. The third-order valence-electron chi connectivity index (χ3n) is 2.66. The summed E-state index contributed by atoms with van der Waals surface area (Å²) in [5, 5.41) is 0. The van der Waals surface area contributed by atoms with Crippen molar-refractivity contribution in [1.29, 1.82) is 0 Å². The van der Waals surface area contributed by atoms with E-state index in [1.54, 1.807) is 0 Å². The van der Waals surface area contributed by atoms with Crippen LogP contribution < -0.4 is 0 Å². The zero-order chi connectivity index (χ0) is 8.39. The second-order valence-corrected chi connectivity index (χ2v) is 4.64. The maximum atomic E-state index is 3.74. The lowest BCUT2D eigenvalue weighted by atomic mass is 9.98. The fourth-order valence-corrected chi connectivity index (χ4v) is 2.88. The minimum absolute atomic E-state index is 0.708. The topological polar surface area (TPSA) is 0 Å². The summed E-state index contributed by atoms with van der Waals surface area (Å²) in [6, 6.07) is 10.8. The molecule has 0 spiro atoms. The molecule has 0 aliphatic heterocycles. The summed E-state index contributed by atoms with van der Waals surface area (Å²) in [5.74, 6) is 0.756. The molecule has 1 fully saturated rings. The van der Waals surface area contributed by atoms with Gasteiger partial charge >= 0.3 is 0 Å². The second-order valence-electron chi connectivity index (χ2n) is 3.46. The van der Waals surface area contributed by atoms with Gasteiger partial charge in [-0.1, -0.05) is 52.7 Å². The Bertz CT molecular complexity index is 242. The molecule has 0 radical (unpaired) electrons. The molecule has 0 unspecified atom stereocenters. The average molecular weight is 225 g/mol. The normalized spacial score (nSPS) is 29.1. The summed E-state index contributed by atoms with van der Waals surface area (Å²) in [5.41, 5.74) is 1.50. The molecule has 1 aromatic rings. The van der Waals surface area contributed by atoms with E-state index in [0.29, 0.717) is 4.83 Å². The highest BCUT2D eigenvalue weighted by Crippen LogP contribution is 2.38. The average Bonchev–Trinajstić information content (AvgIpc) is 2.53. The number of halogens is 1. The number of rotatable bonds is 1. The van der Waals surface area contributed by atoms with E-state index in [-0.39, 0.29) is 0 Å². The van der Waals surface area contributed by atoms with Crippen molar-refractivity contribution in [2.24, 2.45) is 0 Å². The third-order valence-corrected chi connectivity index (χ3v) is 3.76. The summed E-state index contributed by atoms with van der Waals surface area (Å²) < 4.78 is 0. The van der Waals surface area contributed by atoms with Gasteiger partial charge in [-0.15, -0.1) is 0 Å². The third kappa shape index (κ3) is 1.56. The predicted molar refractivity (Wildman–Crippen MR) is 55.7 cm³/mol. The Morgan fingerprint density at radius 1 is 1.08 bits per heavy atom. The summed E-state index contributed by atoms with van der Waals surface area (Å²) >= 11 is 3.74. The van der Waals surface area contributed by atoms with Gasteiger partial charge < -0.3 is 0 Å². The first-order valence-electron chi connectivity index (χ1n) is 4.57. The lowest BCUT2D eigenvalue weighted by Gasteiger charge is -2.13. The molecule has 1 aliphatic rings. The number of hydrogen-bond acceptors (Lipinski definition) is 0. The van der Waals surface area contributed by atoms with Crippen LogP contribution in [0.5, 0.6) is 0 Å². The van der Waals surface area contributed by atoms with Gasteiger partial charge in [0.2, 0.25) is 0 Å². The molecule has 0 aromatic heterocycles. The second kappa shape index (κ2) is 3.61. The molecule has 1 heteroatoms. The Morgan fingerprint density at radius 3 is 2.42 bits per heavy atom. The fraction of sp³-hybridized carbons (Fsp3) is 0.455. The molecular weight excluding hydrogens is 212 g/mol. The van der Waals surface area contributed by atoms with Crippen molar-refractivity contribution < 1.29 is 0 Å². The molecule has 2 rings (SSSR count). The molecule has 1 aliphatic carbocycles. The van der Waals surface area contributed by atoms with Crippen molar-refractivity contribution in [2.75, 3.05) is 0 Å². The van der Waals surface area contributed by atoms with Gasteiger partial charge in [0.1, 0.15) is 0 Å². The minimum atomic E-state index is 0.708.